The summed E-state index contributed by atoms with van der Waals surface area (Å²) in [6.45, 7) is 0. The number of anilines is 1. The van der Waals surface area contributed by atoms with Crippen molar-refractivity contribution in [3.05, 3.63) is 66.0 Å². The second kappa shape index (κ2) is 5.82. The fourth-order valence-electron chi connectivity index (χ4n) is 2.53. The first-order chi connectivity index (χ1) is 11.7. The Labute approximate surface area is 141 Å². The smallest absolute Gasteiger partial charge is 0.258 e. The van der Waals surface area contributed by atoms with Gasteiger partial charge in [0, 0.05) is 29.5 Å². The van der Waals surface area contributed by atoms with Crippen LogP contribution in [0.5, 0.6) is 0 Å². The number of nitrogens with zero attached hydrogens (tertiary/aromatic N) is 4. The fourth-order valence-corrected chi connectivity index (χ4v) is 2.70. The molecule has 0 fully saturated rings. The minimum absolute atomic E-state index is 0.229. The van der Waals surface area contributed by atoms with E-state index in [4.69, 9.17) is 11.6 Å². The maximum atomic E-state index is 12.7. The summed E-state index contributed by atoms with van der Waals surface area (Å²) in [7, 11) is 0. The van der Waals surface area contributed by atoms with Gasteiger partial charge >= 0.3 is 0 Å². The monoisotopic (exact) mass is 335 g/mol. The standard InChI is InChI=1S/C17H10ClN5O/c18-16-13(5-2-6-20-16)23-17(24)11-8-21-12-4-1-3-10-7-19-9-22-15(10)14(11)12/h1-9H,(H,23,24). The molecule has 0 unspecified atom stereocenters. The van der Waals surface area contributed by atoms with Gasteiger partial charge in [0.25, 0.3) is 5.91 Å². The summed E-state index contributed by atoms with van der Waals surface area (Å²) < 4.78 is 0. The SMILES string of the molecule is O=C(Nc1cccnc1Cl)c1cnc2cccc3cncnc3c1-2. The van der Waals surface area contributed by atoms with Crippen molar-refractivity contribution in [1.29, 1.82) is 0 Å². The van der Waals surface area contributed by atoms with Gasteiger partial charge in [0.2, 0.25) is 0 Å². The molecule has 116 valence electrons. The Hall–Kier alpha value is -3.12. The van der Waals surface area contributed by atoms with Crippen molar-refractivity contribution in [1.82, 2.24) is 19.9 Å². The second-order valence-corrected chi connectivity index (χ2v) is 5.44. The van der Waals surface area contributed by atoms with Crippen LogP contribution in [0.4, 0.5) is 5.69 Å². The molecule has 0 saturated heterocycles. The highest BCUT2D eigenvalue weighted by Gasteiger charge is 2.20. The van der Waals surface area contributed by atoms with Gasteiger partial charge in [0.05, 0.1) is 22.5 Å². The van der Waals surface area contributed by atoms with Gasteiger partial charge in [0.1, 0.15) is 6.33 Å². The van der Waals surface area contributed by atoms with Crippen molar-refractivity contribution in [2.45, 2.75) is 0 Å². The fraction of sp³-hybridized carbons (Fsp3) is 0. The largest absolute Gasteiger partial charge is 0.319 e. The molecule has 6 nitrogen and oxygen atoms in total. The van der Waals surface area contributed by atoms with Crippen LogP contribution in [0.1, 0.15) is 10.4 Å². The molecule has 1 aliphatic carbocycles. The molecule has 7 heteroatoms. The van der Waals surface area contributed by atoms with Crippen LogP contribution in [0.3, 0.4) is 0 Å². The lowest BCUT2D eigenvalue weighted by atomic mass is 10.1. The third-order valence-corrected chi connectivity index (χ3v) is 3.92. The molecule has 4 rings (SSSR count). The Balaban J connectivity index is 1.85. The van der Waals surface area contributed by atoms with Crippen molar-refractivity contribution in [3.63, 3.8) is 0 Å². The number of fused-ring (bicyclic) bond motifs is 3. The third-order valence-electron chi connectivity index (χ3n) is 3.62. The van der Waals surface area contributed by atoms with Crippen molar-refractivity contribution >= 4 is 34.1 Å². The van der Waals surface area contributed by atoms with E-state index in [0.29, 0.717) is 28.0 Å². The molecule has 24 heavy (non-hydrogen) atoms. The van der Waals surface area contributed by atoms with Crippen LogP contribution >= 0.6 is 11.6 Å². The number of hydrogen-bond donors (Lipinski definition) is 1. The number of nitrogens with one attached hydrogen (secondary N) is 1. The third kappa shape index (κ3) is 2.43. The van der Waals surface area contributed by atoms with Gasteiger partial charge in [-0.3, -0.25) is 9.78 Å². The zero-order valence-electron chi connectivity index (χ0n) is 12.3. The Morgan fingerprint density at radius 3 is 2.83 bits per heavy atom. The van der Waals surface area contributed by atoms with E-state index in [-0.39, 0.29) is 11.1 Å². The van der Waals surface area contributed by atoms with Crippen LogP contribution in [-0.2, 0) is 0 Å². The van der Waals surface area contributed by atoms with E-state index >= 15 is 0 Å². The zero-order chi connectivity index (χ0) is 16.5. The first-order valence-electron chi connectivity index (χ1n) is 7.13. The van der Waals surface area contributed by atoms with Crippen LogP contribution in [0.2, 0.25) is 5.15 Å². The van der Waals surface area contributed by atoms with Gasteiger partial charge in [-0.1, -0.05) is 23.7 Å². The van der Waals surface area contributed by atoms with Gasteiger partial charge in [-0.05, 0) is 18.2 Å². The number of hydrogen-bond acceptors (Lipinski definition) is 5. The molecule has 0 atom stereocenters. The van der Waals surface area contributed by atoms with Crippen LogP contribution < -0.4 is 5.32 Å². The molecule has 1 amide bonds. The van der Waals surface area contributed by atoms with Crippen LogP contribution in [0, 0.1) is 0 Å². The maximum Gasteiger partial charge on any atom is 0.258 e. The molecule has 1 N–H and O–H groups in total. The van der Waals surface area contributed by atoms with Crippen LogP contribution in [0.15, 0.2) is 55.2 Å². The lowest BCUT2D eigenvalue weighted by molar-refractivity contribution is 0.102. The average molecular weight is 336 g/mol. The molecule has 0 saturated carbocycles. The number of pyridine rings is 1. The van der Waals surface area contributed by atoms with Crippen molar-refractivity contribution < 1.29 is 4.79 Å². The van der Waals surface area contributed by atoms with Crippen LogP contribution in [-0.4, -0.2) is 25.8 Å². The van der Waals surface area contributed by atoms with E-state index in [9.17, 15) is 4.79 Å². The van der Waals surface area contributed by atoms with Gasteiger partial charge < -0.3 is 5.32 Å². The molecular weight excluding hydrogens is 326 g/mol. The van der Waals surface area contributed by atoms with E-state index in [1.165, 1.54) is 12.5 Å². The summed E-state index contributed by atoms with van der Waals surface area (Å²) in [6, 6.07) is 8.97. The number of rotatable bonds is 2. The molecule has 1 aliphatic heterocycles. The number of aromatic nitrogens is 4. The van der Waals surface area contributed by atoms with E-state index in [1.54, 1.807) is 24.5 Å². The van der Waals surface area contributed by atoms with E-state index < -0.39 is 0 Å². The summed E-state index contributed by atoms with van der Waals surface area (Å²) in [4.78, 5) is 29.3. The maximum absolute atomic E-state index is 12.7. The Morgan fingerprint density at radius 1 is 1.04 bits per heavy atom. The minimum Gasteiger partial charge on any atom is -0.319 e. The molecule has 0 aromatic carbocycles. The summed E-state index contributed by atoms with van der Waals surface area (Å²) in [6.07, 6.45) is 6.25. The Morgan fingerprint density at radius 2 is 1.96 bits per heavy atom. The Bertz CT molecular complexity index is 1040. The highest BCUT2D eigenvalue weighted by Crippen LogP contribution is 2.31. The lowest BCUT2D eigenvalue weighted by Crippen LogP contribution is -2.12. The molecular formula is C17H10ClN5O. The van der Waals surface area contributed by atoms with Crippen molar-refractivity contribution in [3.8, 4) is 11.3 Å². The number of carbonyl (C=O) groups excluding carboxylic acids is 1. The quantitative estimate of drug-likeness (QED) is 0.568. The molecule has 0 bridgehead atoms. The molecule has 2 aromatic rings. The van der Waals surface area contributed by atoms with E-state index in [1.807, 2.05) is 18.2 Å². The van der Waals surface area contributed by atoms with Crippen molar-refractivity contribution in [2.24, 2.45) is 0 Å². The molecule has 2 aliphatic rings. The van der Waals surface area contributed by atoms with Gasteiger partial charge in [-0.25, -0.2) is 15.0 Å². The van der Waals surface area contributed by atoms with Gasteiger partial charge in [-0.15, -0.1) is 0 Å². The molecule has 0 radical (unpaired) electrons. The average Bonchev–Trinajstić information content (AvgIpc) is 2.93. The highest BCUT2D eigenvalue weighted by atomic mass is 35.5. The summed E-state index contributed by atoms with van der Waals surface area (Å²) in [5.74, 6) is -0.321. The number of amides is 1. The lowest BCUT2D eigenvalue weighted by Gasteiger charge is -2.06. The number of carbonyl (C=O) groups is 1. The first-order valence-corrected chi connectivity index (χ1v) is 7.51. The highest BCUT2D eigenvalue weighted by molar-refractivity contribution is 6.32. The minimum atomic E-state index is -0.321. The number of halogens is 1. The zero-order valence-corrected chi connectivity index (χ0v) is 13.0. The summed E-state index contributed by atoms with van der Waals surface area (Å²) in [5, 5.41) is 3.82. The topological polar surface area (TPSA) is 80.7 Å². The summed E-state index contributed by atoms with van der Waals surface area (Å²) in [5.41, 5.74) is 2.90. The second-order valence-electron chi connectivity index (χ2n) is 5.08. The normalized spacial score (nSPS) is 10.9. The van der Waals surface area contributed by atoms with Crippen LogP contribution in [0.25, 0.3) is 22.2 Å². The van der Waals surface area contributed by atoms with E-state index in [0.717, 1.165) is 5.39 Å². The first kappa shape index (κ1) is 14.5. The Kier molecular flexibility index (Phi) is 3.51. The predicted molar refractivity (Wildman–Crippen MR) is 91.2 cm³/mol. The van der Waals surface area contributed by atoms with Gasteiger partial charge in [-0.2, -0.15) is 0 Å². The molecule has 0 spiro atoms. The van der Waals surface area contributed by atoms with Gasteiger partial charge in [0.15, 0.2) is 5.15 Å². The predicted octanol–water partition coefficient (Wildman–Crippen LogP) is 3.43. The van der Waals surface area contributed by atoms with Crippen molar-refractivity contribution in [2.75, 3.05) is 5.32 Å². The molecule has 2 aromatic heterocycles. The molecule has 3 heterocycles. The van der Waals surface area contributed by atoms with E-state index in [2.05, 4.69) is 25.3 Å². The summed E-state index contributed by atoms with van der Waals surface area (Å²) >= 11 is 6.00.